The number of nitrogens with one attached hydrogen (secondary N) is 1. The Morgan fingerprint density at radius 2 is 2.00 bits per heavy atom. The summed E-state index contributed by atoms with van der Waals surface area (Å²) in [4.78, 5) is 0. The van der Waals surface area contributed by atoms with Gasteiger partial charge in [-0.1, -0.05) is 18.3 Å². The summed E-state index contributed by atoms with van der Waals surface area (Å²) < 4.78 is 12.7. The molecule has 0 aliphatic heterocycles. The average Bonchev–Trinajstić information content (AvgIpc) is 2.76. The van der Waals surface area contributed by atoms with Gasteiger partial charge in [0.1, 0.15) is 10.8 Å². The number of aromatic nitrogens is 2. The van der Waals surface area contributed by atoms with Gasteiger partial charge in [-0.05, 0) is 30.7 Å². The maximum atomic E-state index is 12.7. The lowest BCUT2D eigenvalue weighted by Gasteiger charge is -1.96. The predicted octanol–water partition coefficient (Wildman–Crippen LogP) is 3.17. The fourth-order valence-electron chi connectivity index (χ4n) is 1.24. The van der Waals surface area contributed by atoms with Crippen molar-refractivity contribution >= 4 is 16.5 Å². The zero-order chi connectivity index (χ0) is 11.4. The Bertz CT molecular complexity index is 453. The summed E-state index contributed by atoms with van der Waals surface area (Å²) in [6.45, 7) is 2.98. The standard InChI is InChI=1S/C11H12FN3S/c1-2-7-13-11-15-14-10(16-11)8-3-5-9(12)6-4-8/h3-6H,2,7H2,1H3,(H,13,15). The molecule has 0 unspecified atom stereocenters. The Labute approximate surface area is 97.3 Å². The SMILES string of the molecule is CCCNc1nnc(-c2ccc(F)cc2)s1. The highest BCUT2D eigenvalue weighted by Gasteiger charge is 2.05. The summed E-state index contributed by atoms with van der Waals surface area (Å²) in [5, 5.41) is 12.8. The summed E-state index contributed by atoms with van der Waals surface area (Å²) >= 11 is 1.48. The van der Waals surface area contributed by atoms with Gasteiger partial charge >= 0.3 is 0 Å². The van der Waals surface area contributed by atoms with E-state index in [1.54, 1.807) is 12.1 Å². The lowest BCUT2D eigenvalue weighted by Crippen LogP contribution is -1.98. The second-order valence-corrected chi connectivity index (χ2v) is 4.32. The summed E-state index contributed by atoms with van der Waals surface area (Å²) in [7, 11) is 0. The fraction of sp³-hybridized carbons (Fsp3) is 0.273. The van der Waals surface area contributed by atoms with Gasteiger partial charge in [-0.15, -0.1) is 10.2 Å². The number of nitrogens with zero attached hydrogens (tertiary/aromatic N) is 2. The van der Waals surface area contributed by atoms with Gasteiger partial charge in [-0.3, -0.25) is 0 Å². The van der Waals surface area contributed by atoms with E-state index in [2.05, 4.69) is 22.4 Å². The van der Waals surface area contributed by atoms with Crippen LogP contribution in [0.25, 0.3) is 10.6 Å². The minimum absolute atomic E-state index is 0.238. The molecule has 1 aromatic heterocycles. The average molecular weight is 237 g/mol. The quantitative estimate of drug-likeness (QED) is 0.887. The van der Waals surface area contributed by atoms with Crippen molar-refractivity contribution in [1.82, 2.24) is 10.2 Å². The van der Waals surface area contributed by atoms with E-state index in [0.717, 1.165) is 28.7 Å². The zero-order valence-corrected chi connectivity index (χ0v) is 9.72. The second-order valence-electron chi connectivity index (χ2n) is 3.35. The highest BCUT2D eigenvalue weighted by molar-refractivity contribution is 7.18. The summed E-state index contributed by atoms with van der Waals surface area (Å²) in [5.41, 5.74) is 0.892. The Morgan fingerprint density at radius 3 is 2.69 bits per heavy atom. The van der Waals surface area contributed by atoms with Crippen molar-refractivity contribution in [2.75, 3.05) is 11.9 Å². The summed E-state index contributed by atoms with van der Waals surface area (Å²) in [5.74, 6) is -0.238. The molecule has 2 aromatic rings. The van der Waals surface area contributed by atoms with Gasteiger partial charge in [-0.2, -0.15) is 0 Å². The van der Waals surface area contributed by atoms with E-state index in [0.29, 0.717) is 0 Å². The van der Waals surface area contributed by atoms with Gasteiger partial charge in [0.25, 0.3) is 0 Å². The van der Waals surface area contributed by atoms with Crippen LogP contribution in [0.15, 0.2) is 24.3 Å². The van der Waals surface area contributed by atoms with Gasteiger partial charge in [0.2, 0.25) is 5.13 Å². The molecule has 0 atom stereocenters. The Hall–Kier alpha value is -1.49. The third-order valence-electron chi connectivity index (χ3n) is 2.04. The van der Waals surface area contributed by atoms with Crippen molar-refractivity contribution in [3.05, 3.63) is 30.1 Å². The molecule has 84 valence electrons. The lowest BCUT2D eigenvalue weighted by atomic mass is 10.2. The topological polar surface area (TPSA) is 37.8 Å². The molecule has 0 bridgehead atoms. The smallest absolute Gasteiger partial charge is 0.206 e. The predicted molar refractivity (Wildman–Crippen MR) is 64.1 cm³/mol. The van der Waals surface area contributed by atoms with E-state index in [1.165, 1.54) is 23.5 Å². The van der Waals surface area contributed by atoms with Gasteiger partial charge in [0, 0.05) is 12.1 Å². The van der Waals surface area contributed by atoms with Crippen LogP contribution in [-0.2, 0) is 0 Å². The molecular formula is C11H12FN3S. The maximum absolute atomic E-state index is 12.7. The van der Waals surface area contributed by atoms with Crippen molar-refractivity contribution in [1.29, 1.82) is 0 Å². The molecule has 16 heavy (non-hydrogen) atoms. The molecule has 1 heterocycles. The number of anilines is 1. The molecule has 3 nitrogen and oxygen atoms in total. The van der Waals surface area contributed by atoms with Crippen LogP contribution in [0.5, 0.6) is 0 Å². The molecule has 0 fully saturated rings. The van der Waals surface area contributed by atoms with Crippen LogP contribution in [0.1, 0.15) is 13.3 Å². The number of rotatable bonds is 4. The van der Waals surface area contributed by atoms with Crippen LogP contribution in [0.2, 0.25) is 0 Å². The van der Waals surface area contributed by atoms with Crippen LogP contribution in [0, 0.1) is 5.82 Å². The highest BCUT2D eigenvalue weighted by atomic mass is 32.1. The van der Waals surface area contributed by atoms with Crippen molar-refractivity contribution in [2.45, 2.75) is 13.3 Å². The molecule has 1 aromatic carbocycles. The van der Waals surface area contributed by atoms with Crippen molar-refractivity contribution in [3.63, 3.8) is 0 Å². The first-order chi connectivity index (χ1) is 7.79. The first-order valence-electron chi connectivity index (χ1n) is 5.13. The minimum Gasteiger partial charge on any atom is -0.360 e. The van der Waals surface area contributed by atoms with E-state index in [9.17, 15) is 4.39 Å². The second kappa shape index (κ2) is 5.03. The number of halogens is 1. The van der Waals surface area contributed by atoms with Gasteiger partial charge < -0.3 is 5.32 Å². The van der Waals surface area contributed by atoms with E-state index >= 15 is 0 Å². The zero-order valence-electron chi connectivity index (χ0n) is 8.90. The molecule has 5 heteroatoms. The van der Waals surface area contributed by atoms with Gasteiger partial charge in [0.05, 0.1) is 0 Å². The first-order valence-corrected chi connectivity index (χ1v) is 5.94. The highest BCUT2D eigenvalue weighted by Crippen LogP contribution is 2.26. The minimum atomic E-state index is -0.238. The Balaban J connectivity index is 2.15. The molecule has 0 amide bonds. The summed E-state index contributed by atoms with van der Waals surface area (Å²) in [6.07, 6.45) is 1.05. The van der Waals surface area contributed by atoms with Gasteiger partial charge in [-0.25, -0.2) is 4.39 Å². The molecule has 0 saturated carbocycles. The van der Waals surface area contributed by atoms with E-state index in [1.807, 2.05) is 0 Å². The molecule has 0 saturated heterocycles. The van der Waals surface area contributed by atoms with Crippen LogP contribution in [-0.4, -0.2) is 16.7 Å². The molecule has 2 rings (SSSR count). The molecule has 0 radical (unpaired) electrons. The monoisotopic (exact) mass is 237 g/mol. The van der Waals surface area contributed by atoms with E-state index in [-0.39, 0.29) is 5.82 Å². The molecule has 0 aliphatic carbocycles. The lowest BCUT2D eigenvalue weighted by molar-refractivity contribution is 0.628. The number of hydrogen-bond donors (Lipinski definition) is 1. The van der Waals surface area contributed by atoms with E-state index in [4.69, 9.17) is 0 Å². The van der Waals surface area contributed by atoms with Gasteiger partial charge in [0.15, 0.2) is 0 Å². The Kier molecular flexibility index (Phi) is 3.46. The van der Waals surface area contributed by atoms with E-state index < -0.39 is 0 Å². The first kappa shape index (κ1) is 11.0. The molecular weight excluding hydrogens is 225 g/mol. The Morgan fingerprint density at radius 1 is 1.25 bits per heavy atom. The van der Waals surface area contributed by atoms with Crippen LogP contribution >= 0.6 is 11.3 Å². The van der Waals surface area contributed by atoms with Crippen molar-refractivity contribution in [3.8, 4) is 10.6 Å². The normalized spacial score (nSPS) is 10.4. The van der Waals surface area contributed by atoms with Crippen LogP contribution in [0.3, 0.4) is 0 Å². The molecule has 1 N–H and O–H groups in total. The number of hydrogen-bond acceptors (Lipinski definition) is 4. The largest absolute Gasteiger partial charge is 0.360 e. The van der Waals surface area contributed by atoms with Crippen molar-refractivity contribution < 1.29 is 4.39 Å². The third-order valence-corrected chi connectivity index (χ3v) is 2.97. The van der Waals surface area contributed by atoms with Crippen molar-refractivity contribution in [2.24, 2.45) is 0 Å². The maximum Gasteiger partial charge on any atom is 0.206 e. The number of benzene rings is 1. The van der Waals surface area contributed by atoms with Crippen LogP contribution in [0.4, 0.5) is 9.52 Å². The summed E-state index contributed by atoms with van der Waals surface area (Å²) in [6, 6.07) is 6.27. The molecule has 0 aliphatic rings. The molecule has 0 spiro atoms. The fourth-order valence-corrected chi connectivity index (χ4v) is 2.01. The third kappa shape index (κ3) is 2.55. The van der Waals surface area contributed by atoms with Crippen LogP contribution < -0.4 is 5.32 Å².